The molecule has 0 aliphatic heterocycles. The Balaban J connectivity index is 2.19. The van der Waals surface area contributed by atoms with Crippen LogP contribution in [0.3, 0.4) is 0 Å². The molecule has 0 bridgehead atoms. The molecule has 2 aromatic carbocycles. The van der Waals surface area contributed by atoms with E-state index in [4.69, 9.17) is 0 Å². The summed E-state index contributed by atoms with van der Waals surface area (Å²) in [5.74, 6) is -0.00819. The van der Waals surface area contributed by atoms with Crippen molar-refractivity contribution in [2.45, 2.75) is 26.2 Å². The summed E-state index contributed by atoms with van der Waals surface area (Å²) >= 11 is 0. The van der Waals surface area contributed by atoms with Crippen molar-refractivity contribution < 1.29 is 4.79 Å². The Morgan fingerprint density at radius 2 is 1.59 bits per heavy atom. The predicted octanol–water partition coefficient (Wildman–Crippen LogP) is 4.53. The van der Waals surface area contributed by atoms with Gasteiger partial charge >= 0.3 is 0 Å². The maximum atomic E-state index is 12.5. The van der Waals surface area contributed by atoms with Crippen LogP contribution in [0, 0.1) is 0 Å². The minimum absolute atomic E-state index is 0.00819. The number of rotatable bonds is 7. The molecule has 1 N–H and O–H groups in total. The quantitative estimate of drug-likeness (QED) is 0.453. The third kappa shape index (κ3) is 4.88. The third-order valence-electron chi connectivity index (χ3n) is 3.51. The summed E-state index contributed by atoms with van der Waals surface area (Å²) in [6, 6.07) is 19.8. The molecular formula is C20H23NO. The average molecular weight is 293 g/mol. The summed E-state index contributed by atoms with van der Waals surface area (Å²) in [6.45, 7) is 2.89. The summed E-state index contributed by atoms with van der Waals surface area (Å²) < 4.78 is 0. The summed E-state index contributed by atoms with van der Waals surface area (Å²) in [6.07, 6.45) is 5.27. The van der Waals surface area contributed by atoms with Crippen molar-refractivity contribution in [2.75, 3.05) is 6.54 Å². The molecule has 22 heavy (non-hydrogen) atoms. The highest BCUT2D eigenvalue weighted by Crippen LogP contribution is 2.18. The molecule has 0 spiro atoms. The molecule has 0 heterocycles. The van der Waals surface area contributed by atoms with E-state index in [9.17, 15) is 4.79 Å². The lowest BCUT2D eigenvalue weighted by atomic mass is 10.0. The number of nitrogens with one attached hydrogen (secondary N) is 1. The monoisotopic (exact) mass is 293 g/mol. The fraction of sp³-hybridized carbons (Fsp3) is 0.250. The molecule has 2 nitrogen and oxygen atoms in total. The number of unbranched alkanes of at least 4 members (excludes halogenated alkanes) is 2. The SMILES string of the molecule is CCCCCNC(=O)/C(=C/c1ccccc1)c1ccccc1. The number of hydrogen-bond donors (Lipinski definition) is 1. The topological polar surface area (TPSA) is 29.1 Å². The number of amides is 1. The molecule has 0 saturated carbocycles. The van der Waals surface area contributed by atoms with Gasteiger partial charge in [-0.05, 0) is 23.6 Å². The number of hydrogen-bond acceptors (Lipinski definition) is 1. The van der Waals surface area contributed by atoms with E-state index in [1.165, 1.54) is 0 Å². The fourth-order valence-corrected chi connectivity index (χ4v) is 2.29. The molecule has 0 radical (unpaired) electrons. The van der Waals surface area contributed by atoms with Crippen LogP contribution >= 0.6 is 0 Å². The lowest BCUT2D eigenvalue weighted by molar-refractivity contribution is -0.115. The molecule has 2 aromatic rings. The van der Waals surface area contributed by atoms with Crippen molar-refractivity contribution in [1.82, 2.24) is 5.32 Å². The first-order valence-corrected chi connectivity index (χ1v) is 7.91. The molecule has 0 aliphatic carbocycles. The number of carbonyl (C=O) groups is 1. The van der Waals surface area contributed by atoms with Gasteiger partial charge in [0.2, 0.25) is 0 Å². The van der Waals surface area contributed by atoms with Crippen LogP contribution in [0.25, 0.3) is 11.6 Å². The highest BCUT2D eigenvalue weighted by atomic mass is 16.1. The Bertz CT molecular complexity index is 602. The van der Waals surface area contributed by atoms with Crippen LogP contribution in [-0.2, 0) is 4.79 Å². The molecule has 1 amide bonds. The van der Waals surface area contributed by atoms with Gasteiger partial charge in [-0.2, -0.15) is 0 Å². The van der Waals surface area contributed by atoms with Crippen molar-refractivity contribution in [2.24, 2.45) is 0 Å². The minimum atomic E-state index is -0.00819. The molecule has 0 unspecified atom stereocenters. The molecule has 0 aromatic heterocycles. The second-order valence-electron chi connectivity index (χ2n) is 5.30. The van der Waals surface area contributed by atoms with Gasteiger partial charge in [0.05, 0.1) is 0 Å². The van der Waals surface area contributed by atoms with Gasteiger partial charge in [0.15, 0.2) is 0 Å². The molecule has 2 heteroatoms. The first-order valence-electron chi connectivity index (χ1n) is 7.91. The van der Waals surface area contributed by atoms with E-state index >= 15 is 0 Å². The Hall–Kier alpha value is -2.35. The number of carbonyl (C=O) groups excluding carboxylic acids is 1. The van der Waals surface area contributed by atoms with Gasteiger partial charge in [0, 0.05) is 12.1 Å². The zero-order valence-electron chi connectivity index (χ0n) is 13.1. The smallest absolute Gasteiger partial charge is 0.251 e. The van der Waals surface area contributed by atoms with E-state index in [2.05, 4.69) is 12.2 Å². The van der Waals surface area contributed by atoms with E-state index in [0.717, 1.165) is 36.9 Å². The zero-order valence-corrected chi connectivity index (χ0v) is 13.1. The van der Waals surface area contributed by atoms with Crippen molar-refractivity contribution >= 4 is 17.6 Å². The summed E-state index contributed by atoms with van der Waals surface area (Å²) in [5.41, 5.74) is 2.69. The van der Waals surface area contributed by atoms with Crippen molar-refractivity contribution in [3.05, 3.63) is 71.8 Å². The van der Waals surface area contributed by atoms with Crippen LogP contribution in [-0.4, -0.2) is 12.5 Å². The van der Waals surface area contributed by atoms with Crippen LogP contribution in [0.5, 0.6) is 0 Å². The van der Waals surface area contributed by atoms with Crippen LogP contribution in [0.2, 0.25) is 0 Å². The molecule has 114 valence electrons. The second kappa shape index (κ2) is 8.83. The average Bonchev–Trinajstić information content (AvgIpc) is 2.58. The van der Waals surface area contributed by atoms with E-state index < -0.39 is 0 Å². The minimum Gasteiger partial charge on any atom is -0.352 e. The molecule has 2 rings (SSSR count). The van der Waals surface area contributed by atoms with Crippen molar-refractivity contribution in [3.8, 4) is 0 Å². The van der Waals surface area contributed by atoms with Gasteiger partial charge < -0.3 is 5.32 Å². The van der Waals surface area contributed by atoms with Crippen molar-refractivity contribution in [3.63, 3.8) is 0 Å². The number of benzene rings is 2. The maximum absolute atomic E-state index is 12.5. The standard InChI is InChI=1S/C20H23NO/c1-2-3-10-15-21-20(22)19(18-13-8-5-9-14-18)16-17-11-6-4-7-12-17/h4-9,11-14,16H,2-3,10,15H2,1H3,(H,21,22)/b19-16+. The van der Waals surface area contributed by atoms with Gasteiger partial charge in [-0.1, -0.05) is 80.4 Å². The normalized spacial score (nSPS) is 11.2. The Morgan fingerprint density at radius 3 is 2.23 bits per heavy atom. The van der Waals surface area contributed by atoms with Crippen LogP contribution in [0.4, 0.5) is 0 Å². The van der Waals surface area contributed by atoms with Gasteiger partial charge in [-0.25, -0.2) is 0 Å². The fourth-order valence-electron chi connectivity index (χ4n) is 2.29. The van der Waals surface area contributed by atoms with E-state index in [0.29, 0.717) is 5.57 Å². The summed E-state index contributed by atoms with van der Waals surface area (Å²) in [5, 5.41) is 3.03. The van der Waals surface area contributed by atoms with E-state index in [-0.39, 0.29) is 5.91 Å². The first-order chi connectivity index (χ1) is 10.8. The molecule has 0 aliphatic rings. The van der Waals surface area contributed by atoms with Crippen molar-refractivity contribution in [1.29, 1.82) is 0 Å². The van der Waals surface area contributed by atoms with Gasteiger partial charge in [-0.3, -0.25) is 4.79 Å². The highest BCUT2D eigenvalue weighted by Gasteiger charge is 2.11. The van der Waals surface area contributed by atoms with E-state index in [1.54, 1.807) is 0 Å². The predicted molar refractivity (Wildman–Crippen MR) is 93.3 cm³/mol. The Labute approximate surface area is 132 Å². The van der Waals surface area contributed by atoms with Crippen LogP contribution < -0.4 is 5.32 Å². The molecule has 0 atom stereocenters. The zero-order chi connectivity index (χ0) is 15.6. The summed E-state index contributed by atoms with van der Waals surface area (Å²) in [7, 11) is 0. The van der Waals surface area contributed by atoms with E-state index in [1.807, 2.05) is 66.7 Å². The molecule has 0 saturated heterocycles. The third-order valence-corrected chi connectivity index (χ3v) is 3.51. The van der Waals surface area contributed by atoms with Crippen LogP contribution in [0.15, 0.2) is 60.7 Å². The van der Waals surface area contributed by atoms with Gasteiger partial charge in [0.1, 0.15) is 0 Å². The molecule has 0 fully saturated rings. The van der Waals surface area contributed by atoms with Gasteiger partial charge in [-0.15, -0.1) is 0 Å². The Morgan fingerprint density at radius 1 is 0.955 bits per heavy atom. The lowest BCUT2D eigenvalue weighted by Gasteiger charge is -2.09. The second-order valence-corrected chi connectivity index (χ2v) is 5.30. The first kappa shape index (κ1) is 16.0. The largest absolute Gasteiger partial charge is 0.352 e. The summed E-state index contributed by atoms with van der Waals surface area (Å²) in [4.78, 5) is 12.5. The molecular weight excluding hydrogens is 270 g/mol. The van der Waals surface area contributed by atoms with Crippen LogP contribution in [0.1, 0.15) is 37.3 Å². The maximum Gasteiger partial charge on any atom is 0.251 e. The Kier molecular flexibility index (Phi) is 6.43. The highest BCUT2D eigenvalue weighted by molar-refractivity contribution is 6.24. The lowest BCUT2D eigenvalue weighted by Crippen LogP contribution is -2.25. The van der Waals surface area contributed by atoms with Gasteiger partial charge in [0.25, 0.3) is 5.91 Å².